The maximum absolute atomic E-state index is 11.3. The lowest BCUT2D eigenvalue weighted by molar-refractivity contribution is -0.120. The maximum Gasteiger partial charge on any atom is 0.233 e. The van der Waals surface area contributed by atoms with E-state index < -0.39 is 0 Å². The smallest absolute Gasteiger partial charge is 0.233 e. The summed E-state index contributed by atoms with van der Waals surface area (Å²) in [5.74, 6) is 0.857. The monoisotopic (exact) mass is 213 g/mol. The Morgan fingerprint density at radius 1 is 1.40 bits per heavy atom. The molecule has 1 amide bonds. The lowest BCUT2D eigenvalue weighted by Gasteiger charge is -2.22. The molecule has 0 aromatic rings. The first-order valence-corrected chi connectivity index (χ1v) is 6.01. The van der Waals surface area contributed by atoms with E-state index in [4.69, 9.17) is 0 Å². The summed E-state index contributed by atoms with van der Waals surface area (Å²) in [6.07, 6.45) is 3.45. The van der Waals surface area contributed by atoms with Crippen molar-refractivity contribution < 1.29 is 4.79 Å². The number of carbonyl (C=O) groups excluding carboxylic acids is 1. The molecule has 0 saturated carbocycles. The molecule has 4 heteroatoms. The van der Waals surface area contributed by atoms with Gasteiger partial charge in [0.25, 0.3) is 0 Å². The number of nitrogens with one attached hydrogen (secondary N) is 3. The van der Waals surface area contributed by atoms with Gasteiger partial charge in [0.15, 0.2) is 0 Å². The zero-order chi connectivity index (χ0) is 10.9. The van der Waals surface area contributed by atoms with Gasteiger partial charge >= 0.3 is 0 Å². The summed E-state index contributed by atoms with van der Waals surface area (Å²) < 4.78 is 0. The van der Waals surface area contributed by atoms with Crippen LogP contribution in [0.5, 0.6) is 0 Å². The van der Waals surface area contributed by atoms with E-state index in [1.807, 2.05) is 0 Å². The number of amides is 1. The van der Waals surface area contributed by atoms with Crippen LogP contribution in [0.2, 0.25) is 0 Å². The van der Waals surface area contributed by atoms with Gasteiger partial charge in [-0.25, -0.2) is 0 Å². The average molecular weight is 213 g/mol. The third-order valence-electron chi connectivity index (χ3n) is 2.75. The molecule has 15 heavy (non-hydrogen) atoms. The van der Waals surface area contributed by atoms with Crippen molar-refractivity contribution in [2.24, 2.45) is 5.92 Å². The fraction of sp³-hybridized carbons (Fsp3) is 0.909. The van der Waals surface area contributed by atoms with E-state index in [9.17, 15) is 4.79 Å². The molecule has 1 fully saturated rings. The van der Waals surface area contributed by atoms with Crippen LogP contribution >= 0.6 is 0 Å². The minimum Gasteiger partial charge on any atom is -0.355 e. The minimum absolute atomic E-state index is 0.116. The third-order valence-corrected chi connectivity index (χ3v) is 2.75. The Balaban J connectivity index is 1.97. The lowest BCUT2D eigenvalue weighted by atomic mass is 9.98. The van der Waals surface area contributed by atoms with Gasteiger partial charge in [-0.1, -0.05) is 6.92 Å². The van der Waals surface area contributed by atoms with Crippen molar-refractivity contribution in [2.75, 3.05) is 32.7 Å². The van der Waals surface area contributed by atoms with Crippen LogP contribution in [0.25, 0.3) is 0 Å². The third kappa shape index (κ3) is 5.74. The second-order valence-electron chi connectivity index (χ2n) is 4.17. The second-order valence-corrected chi connectivity index (χ2v) is 4.17. The highest BCUT2D eigenvalue weighted by atomic mass is 16.1. The fourth-order valence-electron chi connectivity index (χ4n) is 1.80. The molecule has 0 aromatic carbocycles. The van der Waals surface area contributed by atoms with Gasteiger partial charge in [-0.05, 0) is 44.8 Å². The molecular weight excluding hydrogens is 190 g/mol. The van der Waals surface area contributed by atoms with E-state index in [0.717, 1.165) is 38.5 Å². The summed E-state index contributed by atoms with van der Waals surface area (Å²) in [4.78, 5) is 11.3. The van der Waals surface area contributed by atoms with Crippen LogP contribution < -0.4 is 16.0 Å². The van der Waals surface area contributed by atoms with Crippen LogP contribution in [0.15, 0.2) is 0 Å². The van der Waals surface area contributed by atoms with Gasteiger partial charge in [-0.3, -0.25) is 4.79 Å². The van der Waals surface area contributed by atoms with Crippen LogP contribution in [-0.2, 0) is 4.79 Å². The SMILES string of the molecule is CCCNC(=O)CNCC1CCNCC1. The van der Waals surface area contributed by atoms with Crippen LogP contribution in [0.1, 0.15) is 26.2 Å². The van der Waals surface area contributed by atoms with E-state index in [0.29, 0.717) is 6.54 Å². The normalized spacial score (nSPS) is 17.7. The van der Waals surface area contributed by atoms with E-state index in [-0.39, 0.29) is 5.91 Å². The molecule has 1 aliphatic rings. The molecular formula is C11H23N3O. The molecule has 0 bridgehead atoms. The molecule has 1 aliphatic heterocycles. The highest BCUT2D eigenvalue weighted by molar-refractivity contribution is 5.77. The van der Waals surface area contributed by atoms with Crippen molar-refractivity contribution in [3.05, 3.63) is 0 Å². The van der Waals surface area contributed by atoms with Gasteiger partial charge < -0.3 is 16.0 Å². The molecule has 0 radical (unpaired) electrons. The summed E-state index contributed by atoms with van der Waals surface area (Å²) in [6.45, 7) is 6.52. The summed E-state index contributed by atoms with van der Waals surface area (Å²) in [7, 11) is 0. The molecule has 3 N–H and O–H groups in total. The van der Waals surface area contributed by atoms with E-state index in [2.05, 4.69) is 22.9 Å². The summed E-state index contributed by atoms with van der Waals surface area (Å²) in [6, 6.07) is 0. The van der Waals surface area contributed by atoms with Crippen molar-refractivity contribution in [2.45, 2.75) is 26.2 Å². The molecule has 0 spiro atoms. The Kier molecular flexibility index (Phi) is 6.36. The number of piperidine rings is 1. The van der Waals surface area contributed by atoms with Gasteiger partial charge in [0.1, 0.15) is 0 Å². The van der Waals surface area contributed by atoms with Crippen LogP contribution in [0, 0.1) is 5.92 Å². The standard InChI is InChI=1S/C11H23N3O/c1-2-5-14-11(15)9-13-8-10-3-6-12-7-4-10/h10,12-13H,2-9H2,1H3,(H,14,15). The maximum atomic E-state index is 11.3. The second kappa shape index (κ2) is 7.65. The van der Waals surface area contributed by atoms with Crippen molar-refractivity contribution in [1.29, 1.82) is 0 Å². The summed E-state index contributed by atoms with van der Waals surface area (Å²) in [5.41, 5.74) is 0. The Hall–Kier alpha value is -0.610. The first kappa shape index (κ1) is 12.5. The largest absolute Gasteiger partial charge is 0.355 e. The van der Waals surface area contributed by atoms with Crippen molar-refractivity contribution in [3.63, 3.8) is 0 Å². The van der Waals surface area contributed by atoms with Gasteiger partial charge in [0.2, 0.25) is 5.91 Å². The number of hydrogen-bond acceptors (Lipinski definition) is 3. The van der Waals surface area contributed by atoms with E-state index in [1.54, 1.807) is 0 Å². The van der Waals surface area contributed by atoms with Crippen LogP contribution in [0.4, 0.5) is 0 Å². The van der Waals surface area contributed by atoms with Crippen LogP contribution in [0.3, 0.4) is 0 Å². The Labute approximate surface area is 92.2 Å². The molecule has 88 valence electrons. The zero-order valence-corrected chi connectivity index (χ0v) is 9.64. The number of hydrogen-bond donors (Lipinski definition) is 3. The summed E-state index contributed by atoms with van der Waals surface area (Å²) >= 11 is 0. The first-order valence-electron chi connectivity index (χ1n) is 6.01. The Bertz CT molecular complexity index is 179. The highest BCUT2D eigenvalue weighted by Crippen LogP contribution is 2.09. The minimum atomic E-state index is 0.116. The molecule has 1 saturated heterocycles. The molecule has 0 unspecified atom stereocenters. The van der Waals surface area contributed by atoms with Crippen molar-refractivity contribution in [3.8, 4) is 0 Å². The predicted molar refractivity (Wildman–Crippen MR) is 61.8 cm³/mol. The Morgan fingerprint density at radius 3 is 2.80 bits per heavy atom. The topological polar surface area (TPSA) is 53.2 Å². The quantitative estimate of drug-likeness (QED) is 0.586. The van der Waals surface area contributed by atoms with Crippen molar-refractivity contribution in [1.82, 2.24) is 16.0 Å². The fourth-order valence-corrected chi connectivity index (χ4v) is 1.80. The first-order chi connectivity index (χ1) is 7.33. The van der Waals surface area contributed by atoms with Crippen molar-refractivity contribution >= 4 is 5.91 Å². The van der Waals surface area contributed by atoms with E-state index >= 15 is 0 Å². The Morgan fingerprint density at radius 2 is 2.13 bits per heavy atom. The van der Waals surface area contributed by atoms with Crippen LogP contribution in [-0.4, -0.2) is 38.6 Å². The van der Waals surface area contributed by atoms with Gasteiger partial charge in [-0.2, -0.15) is 0 Å². The van der Waals surface area contributed by atoms with Gasteiger partial charge in [-0.15, -0.1) is 0 Å². The molecule has 1 heterocycles. The average Bonchev–Trinajstić information content (AvgIpc) is 2.28. The molecule has 0 aliphatic carbocycles. The number of carbonyl (C=O) groups is 1. The molecule has 0 aromatic heterocycles. The van der Waals surface area contributed by atoms with E-state index in [1.165, 1.54) is 12.8 Å². The van der Waals surface area contributed by atoms with Gasteiger partial charge in [0, 0.05) is 6.54 Å². The highest BCUT2D eigenvalue weighted by Gasteiger charge is 2.12. The lowest BCUT2D eigenvalue weighted by Crippen LogP contribution is -2.38. The molecule has 4 nitrogen and oxygen atoms in total. The summed E-state index contributed by atoms with van der Waals surface area (Å²) in [5, 5.41) is 9.41. The zero-order valence-electron chi connectivity index (χ0n) is 9.64. The predicted octanol–water partition coefficient (Wildman–Crippen LogP) is 0.102. The molecule has 1 rings (SSSR count). The molecule has 0 atom stereocenters. The number of rotatable bonds is 6. The van der Waals surface area contributed by atoms with Gasteiger partial charge in [0.05, 0.1) is 6.54 Å².